The summed E-state index contributed by atoms with van der Waals surface area (Å²) < 4.78 is 0.606. The number of rotatable bonds is 1. The average Bonchev–Trinajstić information content (AvgIpc) is 2.19. The first-order valence-corrected chi connectivity index (χ1v) is 4.79. The summed E-state index contributed by atoms with van der Waals surface area (Å²) >= 11 is 5.06. The molecular weight excluding hydrogens is 210 g/mol. The Morgan fingerprint density at radius 3 is 2.93 bits per heavy atom. The maximum Gasteiger partial charge on any atom is 0.248 e. The molecule has 1 heterocycles. The van der Waals surface area contributed by atoms with E-state index in [0.29, 0.717) is 15.7 Å². The van der Waals surface area contributed by atoms with E-state index in [0.717, 1.165) is 11.2 Å². The lowest BCUT2D eigenvalue weighted by molar-refractivity contribution is 0.100. The average molecular weight is 219 g/mol. The number of hydrogen-bond acceptors (Lipinski definition) is 3. The first-order valence-electron chi connectivity index (χ1n) is 4.38. The number of nitrogens with one attached hydrogen (secondary N) is 1. The number of hydrogen-bond donors (Lipinski definition) is 2. The van der Waals surface area contributed by atoms with Crippen molar-refractivity contribution in [2.75, 3.05) is 0 Å². The summed E-state index contributed by atoms with van der Waals surface area (Å²) in [6, 6.07) is 5.04. The number of nitrogens with zero attached hydrogens (tertiary/aromatic N) is 1. The molecule has 1 amide bonds. The fraction of sp³-hybridized carbons (Fsp3) is 0.100. The van der Waals surface area contributed by atoms with Gasteiger partial charge >= 0.3 is 0 Å². The minimum Gasteiger partial charge on any atom is -0.366 e. The van der Waals surface area contributed by atoms with Crippen molar-refractivity contribution < 1.29 is 4.79 Å². The monoisotopic (exact) mass is 219 g/mol. The van der Waals surface area contributed by atoms with Crippen LogP contribution in [0.4, 0.5) is 0 Å². The normalized spacial score (nSPS) is 10.5. The van der Waals surface area contributed by atoms with E-state index in [1.54, 1.807) is 18.2 Å². The summed E-state index contributed by atoms with van der Waals surface area (Å²) in [7, 11) is 0. The lowest BCUT2D eigenvalue weighted by Crippen LogP contribution is -2.10. The molecule has 0 unspecified atom stereocenters. The van der Waals surface area contributed by atoms with Crippen molar-refractivity contribution in [3.05, 3.63) is 34.1 Å². The van der Waals surface area contributed by atoms with Crippen LogP contribution in [0.3, 0.4) is 0 Å². The van der Waals surface area contributed by atoms with Crippen molar-refractivity contribution in [2.24, 2.45) is 5.73 Å². The molecule has 5 heteroatoms. The van der Waals surface area contributed by atoms with Crippen LogP contribution in [0, 0.1) is 11.6 Å². The van der Waals surface area contributed by atoms with Gasteiger partial charge in [-0.2, -0.15) is 0 Å². The van der Waals surface area contributed by atoms with Crippen molar-refractivity contribution in [3.8, 4) is 0 Å². The molecular formula is C10H9N3OS. The van der Waals surface area contributed by atoms with Gasteiger partial charge in [-0.05, 0) is 25.1 Å². The maximum absolute atomic E-state index is 11.0. The fourth-order valence-corrected chi connectivity index (χ4v) is 1.48. The van der Waals surface area contributed by atoms with E-state index in [1.165, 1.54) is 0 Å². The highest BCUT2D eigenvalue weighted by atomic mass is 32.1. The van der Waals surface area contributed by atoms with Crippen molar-refractivity contribution in [1.82, 2.24) is 9.97 Å². The van der Waals surface area contributed by atoms with E-state index in [2.05, 4.69) is 9.97 Å². The Morgan fingerprint density at radius 1 is 1.53 bits per heavy atom. The molecule has 1 aromatic carbocycles. The zero-order chi connectivity index (χ0) is 11.0. The summed E-state index contributed by atoms with van der Waals surface area (Å²) in [5.41, 5.74) is 7.85. The van der Waals surface area contributed by atoms with Crippen LogP contribution in [0.1, 0.15) is 16.1 Å². The largest absolute Gasteiger partial charge is 0.366 e. The number of aryl methyl sites for hydroxylation is 1. The van der Waals surface area contributed by atoms with Crippen LogP contribution >= 0.6 is 12.2 Å². The van der Waals surface area contributed by atoms with Crippen molar-refractivity contribution in [3.63, 3.8) is 0 Å². The minimum atomic E-state index is -0.459. The van der Waals surface area contributed by atoms with Gasteiger partial charge in [-0.1, -0.05) is 12.2 Å². The molecule has 0 spiro atoms. The van der Waals surface area contributed by atoms with Crippen LogP contribution in [0.15, 0.2) is 18.2 Å². The summed E-state index contributed by atoms with van der Waals surface area (Å²) in [5, 5.41) is 0. The molecule has 0 radical (unpaired) electrons. The van der Waals surface area contributed by atoms with E-state index in [-0.39, 0.29) is 0 Å². The molecule has 4 nitrogen and oxygen atoms in total. The predicted octanol–water partition coefficient (Wildman–Crippen LogP) is 1.70. The molecule has 0 saturated heterocycles. The second-order valence-electron chi connectivity index (χ2n) is 3.25. The predicted molar refractivity (Wildman–Crippen MR) is 60.2 cm³/mol. The highest BCUT2D eigenvalue weighted by Crippen LogP contribution is 2.12. The quantitative estimate of drug-likeness (QED) is 0.717. The van der Waals surface area contributed by atoms with Gasteiger partial charge in [0.15, 0.2) is 0 Å². The Labute approximate surface area is 91.1 Å². The number of benzene rings is 1. The second-order valence-corrected chi connectivity index (χ2v) is 3.66. The zero-order valence-corrected chi connectivity index (χ0v) is 8.89. The van der Waals surface area contributed by atoms with Gasteiger partial charge in [-0.15, -0.1) is 0 Å². The highest BCUT2D eigenvalue weighted by molar-refractivity contribution is 7.71. The van der Waals surface area contributed by atoms with Crippen LogP contribution < -0.4 is 5.73 Å². The number of nitrogens with two attached hydrogens (primary N) is 1. The molecule has 0 aliphatic heterocycles. The first kappa shape index (κ1) is 9.79. The van der Waals surface area contributed by atoms with Crippen LogP contribution in [0.5, 0.6) is 0 Å². The number of aromatic amines is 1. The van der Waals surface area contributed by atoms with E-state index >= 15 is 0 Å². The molecule has 3 N–H and O–H groups in total. The van der Waals surface area contributed by atoms with Crippen molar-refractivity contribution in [1.29, 1.82) is 0 Å². The molecule has 15 heavy (non-hydrogen) atoms. The lowest BCUT2D eigenvalue weighted by atomic mass is 10.2. The van der Waals surface area contributed by atoms with E-state index in [4.69, 9.17) is 18.0 Å². The molecule has 0 fully saturated rings. The van der Waals surface area contributed by atoms with Crippen LogP contribution in [0.25, 0.3) is 11.0 Å². The van der Waals surface area contributed by atoms with Gasteiger partial charge in [0.2, 0.25) is 5.91 Å². The Kier molecular flexibility index (Phi) is 2.24. The number of primary amides is 1. The summed E-state index contributed by atoms with van der Waals surface area (Å²) in [5.74, 6) is -0.459. The van der Waals surface area contributed by atoms with Crippen LogP contribution in [0.2, 0.25) is 0 Å². The van der Waals surface area contributed by atoms with Gasteiger partial charge in [0.1, 0.15) is 4.64 Å². The van der Waals surface area contributed by atoms with Gasteiger partial charge in [0.05, 0.1) is 16.7 Å². The first-order chi connectivity index (χ1) is 7.08. The molecule has 76 valence electrons. The number of aromatic nitrogens is 2. The number of fused-ring (bicyclic) bond motifs is 1. The third-order valence-corrected chi connectivity index (χ3v) is 2.54. The maximum atomic E-state index is 11.0. The van der Waals surface area contributed by atoms with Crippen LogP contribution in [-0.4, -0.2) is 15.9 Å². The third-order valence-electron chi connectivity index (χ3n) is 2.15. The Bertz CT molecular complexity index is 603. The molecule has 0 saturated carbocycles. The molecule has 2 rings (SSSR count). The number of carbonyl (C=O) groups excluding carboxylic acids is 1. The van der Waals surface area contributed by atoms with Crippen molar-refractivity contribution >= 4 is 29.2 Å². The zero-order valence-electron chi connectivity index (χ0n) is 8.07. The van der Waals surface area contributed by atoms with Crippen LogP contribution in [-0.2, 0) is 0 Å². The van der Waals surface area contributed by atoms with Gasteiger partial charge in [0, 0.05) is 5.56 Å². The fourth-order valence-electron chi connectivity index (χ4n) is 1.33. The Hall–Kier alpha value is -1.75. The van der Waals surface area contributed by atoms with Gasteiger partial charge < -0.3 is 10.7 Å². The van der Waals surface area contributed by atoms with E-state index < -0.39 is 5.91 Å². The lowest BCUT2D eigenvalue weighted by Gasteiger charge is -2.01. The number of carbonyl (C=O) groups is 1. The smallest absolute Gasteiger partial charge is 0.248 e. The number of H-pyrrole nitrogens is 1. The van der Waals surface area contributed by atoms with E-state index in [9.17, 15) is 4.79 Å². The van der Waals surface area contributed by atoms with Gasteiger partial charge in [-0.25, -0.2) is 4.98 Å². The highest BCUT2D eigenvalue weighted by Gasteiger charge is 2.03. The third kappa shape index (κ3) is 1.73. The SMILES string of the molecule is Cc1nc2cc(C(N)=O)ccc2[nH]c1=S. The van der Waals surface area contributed by atoms with Crippen molar-refractivity contribution in [2.45, 2.75) is 6.92 Å². The molecule has 0 aliphatic rings. The molecule has 0 aliphatic carbocycles. The summed E-state index contributed by atoms with van der Waals surface area (Å²) in [4.78, 5) is 18.3. The number of amides is 1. The van der Waals surface area contributed by atoms with Gasteiger partial charge in [-0.3, -0.25) is 4.79 Å². The summed E-state index contributed by atoms with van der Waals surface area (Å²) in [6.07, 6.45) is 0. The molecule has 1 aromatic heterocycles. The molecule has 2 aromatic rings. The molecule has 0 bridgehead atoms. The topological polar surface area (TPSA) is 71.8 Å². The minimum absolute atomic E-state index is 0.444. The standard InChI is InChI=1S/C10H9N3OS/c1-5-10(15)13-7-3-2-6(9(11)14)4-8(7)12-5/h2-4H,1H3,(H2,11,14)(H,13,15). The van der Waals surface area contributed by atoms with Gasteiger partial charge in [0.25, 0.3) is 0 Å². The Morgan fingerprint density at radius 2 is 2.27 bits per heavy atom. The Balaban J connectivity index is 2.77. The van der Waals surface area contributed by atoms with E-state index in [1.807, 2.05) is 6.92 Å². The summed E-state index contributed by atoms with van der Waals surface area (Å²) in [6.45, 7) is 1.81. The second kappa shape index (κ2) is 3.43. The molecule has 0 atom stereocenters.